The molecule has 0 saturated carbocycles. The van der Waals surface area contributed by atoms with Gasteiger partial charge in [0.2, 0.25) is 0 Å². The molecule has 146 valence electrons. The Morgan fingerprint density at radius 1 is 1.25 bits per heavy atom. The van der Waals surface area contributed by atoms with Gasteiger partial charge in [0.15, 0.2) is 6.61 Å². The van der Waals surface area contributed by atoms with Gasteiger partial charge in [0.25, 0.3) is 5.91 Å². The van der Waals surface area contributed by atoms with Crippen molar-refractivity contribution in [2.24, 2.45) is 0 Å². The molecule has 3 aromatic rings. The topological polar surface area (TPSA) is 73.2 Å². The van der Waals surface area contributed by atoms with Crippen LogP contribution in [0.15, 0.2) is 47.8 Å². The van der Waals surface area contributed by atoms with Crippen LogP contribution in [0, 0.1) is 6.92 Å². The van der Waals surface area contributed by atoms with Crippen LogP contribution in [0.4, 0.5) is 0 Å². The van der Waals surface area contributed by atoms with Gasteiger partial charge in [0.1, 0.15) is 10.7 Å². The molecule has 0 saturated heterocycles. The molecule has 1 amide bonds. The molecule has 1 N–H and O–H groups in total. The molecule has 3 rings (SSSR count). The summed E-state index contributed by atoms with van der Waals surface area (Å²) < 4.78 is 6.69. The lowest BCUT2D eigenvalue weighted by molar-refractivity contribution is -0.124. The highest BCUT2D eigenvalue weighted by Gasteiger charge is 2.23. The number of ether oxygens (including phenoxy) is 1. The van der Waals surface area contributed by atoms with Crippen molar-refractivity contribution in [2.45, 2.75) is 26.4 Å². The second-order valence-electron chi connectivity index (χ2n) is 6.28. The lowest BCUT2D eigenvalue weighted by Crippen LogP contribution is -2.30. The predicted octanol–water partition coefficient (Wildman–Crippen LogP) is 3.99. The smallest absolute Gasteiger partial charge is 0.343 e. The average molecular weight is 418 g/mol. The van der Waals surface area contributed by atoms with Crippen molar-refractivity contribution in [3.05, 3.63) is 74.7 Å². The maximum absolute atomic E-state index is 12.4. The molecular weight excluding hydrogens is 398 g/mol. The van der Waals surface area contributed by atoms with Crippen molar-refractivity contribution in [1.82, 2.24) is 15.1 Å². The van der Waals surface area contributed by atoms with Gasteiger partial charge in [0, 0.05) is 4.88 Å². The van der Waals surface area contributed by atoms with Gasteiger partial charge in [-0.15, -0.1) is 11.3 Å². The fourth-order valence-electron chi connectivity index (χ4n) is 2.74. The minimum atomic E-state index is -0.666. The second kappa shape index (κ2) is 9.03. The molecule has 2 aromatic heterocycles. The van der Waals surface area contributed by atoms with Gasteiger partial charge in [-0.05, 0) is 30.9 Å². The van der Waals surface area contributed by atoms with Gasteiger partial charge in [-0.2, -0.15) is 5.10 Å². The summed E-state index contributed by atoms with van der Waals surface area (Å²) in [7, 11) is 0. The molecule has 28 heavy (non-hydrogen) atoms. The van der Waals surface area contributed by atoms with Crippen LogP contribution < -0.4 is 5.32 Å². The summed E-state index contributed by atoms with van der Waals surface area (Å²) in [5.74, 6) is -1.04. The number of esters is 1. The van der Waals surface area contributed by atoms with Crippen molar-refractivity contribution in [3.8, 4) is 0 Å². The van der Waals surface area contributed by atoms with Crippen molar-refractivity contribution >= 4 is 34.8 Å². The van der Waals surface area contributed by atoms with Crippen molar-refractivity contribution in [3.63, 3.8) is 0 Å². The highest BCUT2D eigenvalue weighted by atomic mass is 35.5. The van der Waals surface area contributed by atoms with E-state index in [9.17, 15) is 9.59 Å². The summed E-state index contributed by atoms with van der Waals surface area (Å²) >= 11 is 7.89. The number of benzene rings is 1. The number of nitrogens with zero attached hydrogens (tertiary/aromatic N) is 2. The number of carbonyl (C=O) groups is 2. The average Bonchev–Trinajstić information content (AvgIpc) is 3.30. The number of nitrogens with one attached hydrogen (secondary N) is 1. The zero-order chi connectivity index (χ0) is 20.1. The van der Waals surface area contributed by atoms with Gasteiger partial charge < -0.3 is 10.1 Å². The zero-order valence-corrected chi connectivity index (χ0v) is 17.1. The van der Waals surface area contributed by atoms with E-state index in [1.807, 2.05) is 54.8 Å². The first-order chi connectivity index (χ1) is 13.5. The van der Waals surface area contributed by atoms with Crippen LogP contribution in [-0.2, 0) is 16.1 Å². The fraction of sp³-hybridized carbons (Fsp3) is 0.250. The maximum Gasteiger partial charge on any atom is 0.343 e. The Morgan fingerprint density at radius 2 is 2.00 bits per heavy atom. The Balaban J connectivity index is 1.60. The molecule has 0 aliphatic carbocycles. The minimum absolute atomic E-state index is 0.148. The number of hydrogen-bond acceptors (Lipinski definition) is 5. The first-order valence-corrected chi connectivity index (χ1v) is 9.98. The van der Waals surface area contributed by atoms with E-state index in [1.54, 1.807) is 22.9 Å². The molecule has 0 aliphatic rings. The predicted molar refractivity (Wildman–Crippen MR) is 109 cm³/mol. The molecule has 0 fully saturated rings. The van der Waals surface area contributed by atoms with Gasteiger partial charge >= 0.3 is 5.97 Å². The lowest BCUT2D eigenvalue weighted by Gasteiger charge is -2.12. The molecule has 1 atom stereocenters. The van der Waals surface area contributed by atoms with E-state index in [-0.39, 0.29) is 29.3 Å². The molecule has 8 heteroatoms. The third-order valence-electron chi connectivity index (χ3n) is 4.13. The van der Waals surface area contributed by atoms with E-state index in [0.29, 0.717) is 12.2 Å². The first kappa shape index (κ1) is 20.1. The zero-order valence-electron chi connectivity index (χ0n) is 15.5. The van der Waals surface area contributed by atoms with Crippen LogP contribution in [0.2, 0.25) is 5.15 Å². The largest absolute Gasteiger partial charge is 0.452 e. The van der Waals surface area contributed by atoms with E-state index in [1.165, 1.54) is 0 Å². The van der Waals surface area contributed by atoms with E-state index in [4.69, 9.17) is 16.3 Å². The van der Waals surface area contributed by atoms with Crippen molar-refractivity contribution in [2.75, 3.05) is 6.61 Å². The number of aryl methyl sites for hydroxylation is 1. The molecule has 0 radical (unpaired) electrons. The Kier molecular flexibility index (Phi) is 6.49. The molecule has 1 aromatic carbocycles. The summed E-state index contributed by atoms with van der Waals surface area (Å²) in [6.45, 7) is 3.61. The highest BCUT2D eigenvalue weighted by Crippen LogP contribution is 2.22. The highest BCUT2D eigenvalue weighted by molar-refractivity contribution is 7.10. The Labute approximate surface area is 172 Å². The summed E-state index contributed by atoms with van der Waals surface area (Å²) in [6.07, 6.45) is 0. The molecule has 0 unspecified atom stereocenters. The monoisotopic (exact) mass is 417 g/mol. The van der Waals surface area contributed by atoms with Gasteiger partial charge in [0.05, 0.1) is 18.3 Å². The summed E-state index contributed by atoms with van der Waals surface area (Å²) in [5, 5.41) is 9.25. The molecule has 0 aliphatic heterocycles. The number of halogens is 1. The van der Waals surface area contributed by atoms with E-state index >= 15 is 0 Å². The Morgan fingerprint density at radius 3 is 2.68 bits per heavy atom. The van der Waals surface area contributed by atoms with Crippen LogP contribution in [0.5, 0.6) is 0 Å². The second-order valence-corrected chi connectivity index (χ2v) is 7.61. The van der Waals surface area contributed by atoms with Crippen molar-refractivity contribution in [1.29, 1.82) is 0 Å². The summed E-state index contributed by atoms with van der Waals surface area (Å²) in [6, 6.07) is 13.4. The minimum Gasteiger partial charge on any atom is -0.452 e. The molecule has 0 bridgehead atoms. The third kappa shape index (κ3) is 4.79. The number of amides is 1. The molecule has 0 spiro atoms. The lowest BCUT2D eigenvalue weighted by atomic mass is 10.2. The quantitative estimate of drug-likeness (QED) is 0.590. The number of carbonyl (C=O) groups excluding carboxylic acids is 2. The fourth-order valence-corrected chi connectivity index (χ4v) is 3.79. The first-order valence-electron chi connectivity index (χ1n) is 8.72. The standard InChI is InChI=1S/C20H20ClN3O3S/c1-13(16-9-6-10-28-16)22-17(25)12-27-20(26)18-14(2)23-24(19(18)21)11-15-7-4-3-5-8-15/h3-10,13H,11-12H2,1-2H3,(H,22,25)/t13-/m1/s1. The van der Waals surface area contributed by atoms with Gasteiger partial charge in [-0.25, -0.2) is 9.48 Å². The number of hydrogen-bond donors (Lipinski definition) is 1. The molecular formula is C20H20ClN3O3S. The van der Waals surface area contributed by atoms with E-state index in [0.717, 1.165) is 10.4 Å². The SMILES string of the molecule is Cc1nn(Cc2ccccc2)c(Cl)c1C(=O)OCC(=O)N[C@H](C)c1cccs1. The van der Waals surface area contributed by atoms with E-state index < -0.39 is 5.97 Å². The van der Waals surface area contributed by atoms with Crippen LogP contribution in [-0.4, -0.2) is 28.3 Å². The Bertz CT molecular complexity index is 955. The van der Waals surface area contributed by atoms with Gasteiger partial charge in [-0.3, -0.25) is 4.79 Å². The Hall–Kier alpha value is -2.64. The van der Waals surface area contributed by atoms with Gasteiger partial charge in [-0.1, -0.05) is 48.0 Å². The summed E-state index contributed by atoms with van der Waals surface area (Å²) in [4.78, 5) is 25.5. The van der Waals surface area contributed by atoms with Crippen LogP contribution in [0.1, 0.15) is 39.5 Å². The number of rotatable bonds is 7. The number of thiophene rings is 1. The molecule has 2 heterocycles. The van der Waals surface area contributed by atoms with E-state index in [2.05, 4.69) is 10.4 Å². The maximum atomic E-state index is 12.4. The van der Waals surface area contributed by atoms with Crippen LogP contribution in [0.3, 0.4) is 0 Å². The summed E-state index contributed by atoms with van der Waals surface area (Å²) in [5.41, 5.74) is 1.64. The molecule has 6 nitrogen and oxygen atoms in total. The third-order valence-corrected chi connectivity index (χ3v) is 5.57. The normalized spacial score (nSPS) is 11.8. The van der Waals surface area contributed by atoms with Crippen LogP contribution in [0.25, 0.3) is 0 Å². The van der Waals surface area contributed by atoms with Crippen LogP contribution >= 0.6 is 22.9 Å². The number of aromatic nitrogens is 2. The van der Waals surface area contributed by atoms with Crippen molar-refractivity contribution < 1.29 is 14.3 Å².